The van der Waals surface area contributed by atoms with Crippen molar-refractivity contribution in [1.29, 1.82) is 0 Å². The number of anilines is 2. The van der Waals surface area contributed by atoms with Crippen LogP contribution in [0.3, 0.4) is 0 Å². The van der Waals surface area contributed by atoms with Gasteiger partial charge in [0, 0.05) is 43.0 Å². The molecule has 0 aliphatic carbocycles. The molecule has 4 aromatic rings. The number of nitrogens with zero attached hydrogens (tertiary/aromatic N) is 5. The average Bonchev–Trinajstić information content (AvgIpc) is 3.43. The highest BCUT2D eigenvalue weighted by Gasteiger charge is 2.19. The maximum Gasteiger partial charge on any atom is 0.222 e. The first-order chi connectivity index (χ1) is 15.7. The minimum Gasteiger partial charge on any atom is -0.399 e. The summed E-state index contributed by atoms with van der Waals surface area (Å²) in [5, 5.41) is 3.42. The smallest absolute Gasteiger partial charge is 0.222 e. The summed E-state index contributed by atoms with van der Waals surface area (Å²) >= 11 is 0. The molecule has 32 heavy (non-hydrogen) atoms. The average molecular weight is 428 g/mol. The number of fused-ring (bicyclic) bond motifs is 1. The number of nitrogens with one attached hydrogen (secondary N) is 1. The Bertz CT molecular complexity index is 1250. The number of hydrogen-bond donors (Lipinski definition) is 2. The normalized spacial score (nSPS) is 13.8. The number of amides is 1. The number of nitrogen functional groups attached to an aromatic ring is 1. The molecule has 0 unspecified atom stereocenters. The molecule has 0 atom stereocenters. The van der Waals surface area contributed by atoms with Crippen LogP contribution in [0.15, 0.2) is 60.9 Å². The first-order valence-electron chi connectivity index (χ1n) is 10.9. The van der Waals surface area contributed by atoms with E-state index < -0.39 is 0 Å². The molecule has 1 aliphatic heterocycles. The number of carbonyl (C=O) groups is 1. The molecule has 1 aliphatic rings. The summed E-state index contributed by atoms with van der Waals surface area (Å²) in [7, 11) is 0. The third-order valence-corrected chi connectivity index (χ3v) is 5.64. The van der Waals surface area contributed by atoms with Crippen molar-refractivity contribution in [3.63, 3.8) is 0 Å². The SMILES string of the molecule is Nc1cccc(-c2nc(NCCCN3CCCC3=O)c3ncn(-c4ccccc4)c3n2)c1. The number of hydrogen-bond acceptors (Lipinski definition) is 6. The van der Waals surface area contributed by atoms with E-state index in [1.165, 1.54) is 0 Å². The number of rotatable bonds is 7. The first-order valence-corrected chi connectivity index (χ1v) is 10.9. The molecule has 1 fully saturated rings. The van der Waals surface area contributed by atoms with Crippen molar-refractivity contribution in [2.45, 2.75) is 19.3 Å². The van der Waals surface area contributed by atoms with Gasteiger partial charge in [0.1, 0.15) is 6.33 Å². The van der Waals surface area contributed by atoms with Gasteiger partial charge in [-0.25, -0.2) is 15.0 Å². The highest BCUT2D eigenvalue weighted by atomic mass is 16.2. The van der Waals surface area contributed by atoms with Crippen LogP contribution in [0.25, 0.3) is 28.2 Å². The number of para-hydroxylation sites is 1. The molecule has 3 N–H and O–H groups in total. The number of imidazole rings is 1. The lowest BCUT2D eigenvalue weighted by Gasteiger charge is -2.15. The molecule has 0 spiro atoms. The predicted octanol–water partition coefficient (Wildman–Crippen LogP) is 3.49. The number of benzene rings is 2. The second kappa shape index (κ2) is 8.66. The Morgan fingerprint density at radius 2 is 1.94 bits per heavy atom. The van der Waals surface area contributed by atoms with Crippen LogP contribution >= 0.6 is 0 Å². The third kappa shape index (κ3) is 3.99. The van der Waals surface area contributed by atoms with Crippen molar-refractivity contribution >= 4 is 28.6 Å². The molecule has 3 heterocycles. The van der Waals surface area contributed by atoms with Crippen molar-refractivity contribution in [2.75, 3.05) is 30.7 Å². The van der Waals surface area contributed by atoms with E-state index in [1.807, 2.05) is 64.1 Å². The van der Waals surface area contributed by atoms with E-state index >= 15 is 0 Å². The molecule has 5 rings (SSSR count). The van der Waals surface area contributed by atoms with Gasteiger partial charge < -0.3 is 16.0 Å². The lowest BCUT2D eigenvalue weighted by Crippen LogP contribution is -2.27. The first kappa shape index (κ1) is 20.0. The van der Waals surface area contributed by atoms with Crippen LogP contribution in [0, 0.1) is 0 Å². The van der Waals surface area contributed by atoms with E-state index in [-0.39, 0.29) is 5.91 Å². The van der Waals surface area contributed by atoms with E-state index in [2.05, 4.69) is 10.3 Å². The van der Waals surface area contributed by atoms with Gasteiger partial charge in [0.25, 0.3) is 0 Å². The summed E-state index contributed by atoms with van der Waals surface area (Å²) in [5.41, 5.74) is 9.91. The molecule has 2 aromatic carbocycles. The van der Waals surface area contributed by atoms with E-state index in [0.29, 0.717) is 35.8 Å². The topological polar surface area (TPSA) is 102 Å². The van der Waals surface area contributed by atoms with Gasteiger partial charge in [0.05, 0.1) is 0 Å². The zero-order valence-electron chi connectivity index (χ0n) is 17.7. The number of likely N-dealkylation sites (tertiary alicyclic amines) is 1. The summed E-state index contributed by atoms with van der Waals surface area (Å²) in [6, 6.07) is 17.5. The van der Waals surface area contributed by atoms with Crippen LogP contribution in [0.2, 0.25) is 0 Å². The fourth-order valence-electron chi connectivity index (χ4n) is 4.02. The number of carbonyl (C=O) groups excluding carboxylic acids is 1. The molecular formula is C24H25N7O. The number of nitrogens with two attached hydrogens (primary N) is 1. The molecule has 2 aromatic heterocycles. The Morgan fingerprint density at radius 3 is 2.72 bits per heavy atom. The molecule has 162 valence electrons. The molecule has 8 heteroatoms. The summed E-state index contributed by atoms with van der Waals surface area (Å²) in [4.78, 5) is 28.0. The predicted molar refractivity (Wildman–Crippen MR) is 125 cm³/mol. The lowest BCUT2D eigenvalue weighted by molar-refractivity contribution is -0.127. The monoisotopic (exact) mass is 427 g/mol. The van der Waals surface area contributed by atoms with Gasteiger partial charge >= 0.3 is 0 Å². The highest BCUT2D eigenvalue weighted by molar-refractivity contribution is 5.86. The molecular weight excluding hydrogens is 402 g/mol. The Morgan fingerprint density at radius 1 is 1.06 bits per heavy atom. The largest absolute Gasteiger partial charge is 0.399 e. The summed E-state index contributed by atoms with van der Waals surface area (Å²) in [6.45, 7) is 2.29. The van der Waals surface area contributed by atoms with Gasteiger partial charge in [-0.2, -0.15) is 0 Å². The van der Waals surface area contributed by atoms with Gasteiger partial charge in [0.2, 0.25) is 5.91 Å². The van der Waals surface area contributed by atoms with Gasteiger partial charge in [-0.3, -0.25) is 9.36 Å². The third-order valence-electron chi connectivity index (χ3n) is 5.64. The standard InChI is InChI=1S/C24H25N7O/c25-18-8-4-7-17(15-18)22-28-23(26-12-6-14-30-13-5-11-20(30)32)21-24(29-22)31(16-27-21)19-9-2-1-3-10-19/h1-4,7-10,15-16H,5-6,11-14,25H2,(H,26,28,29). The molecule has 0 radical (unpaired) electrons. The van der Waals surface area contributed by atoms with E-state index in [4.69, 9.17) is 15.7 Å². The zero-order valence-corrected chi connectivity index (χ0v) is 17.7. The Hall–Kier alpha value is -3.94. The highest BCUT2D eigenvalue weighted by Crippen LogP contribution is 2.27. The van der Waals surface area contributed by atoms with Crippen molar-refractivity contribution < 1.29 is 4.79 Å². The second-order valence-corrected chi connectivity index (χ2v) is 7.91. The van der Waals surface area contributed by atoms with E-state index in [1.54, 1.807) is 6.33 Å². The fraction of sp³-hybridized carbons (Fsp3) is 0.250. The Kier molecular flexibility index (Phi) is 5.41. The van der Waals surface area contributed by atoms with Gasteiger partial charge in [-0.05, 0) is 37.1 Å². The van der Waals surface area contributed by atoms with Crippen molar-refractivity contribution in [1.82, 2.24) is 24.4 Å². The van der Waals surface area contributed by atoms with E-state index in [0.717, 1.165) is 42.8 Å². The van der Waals surface area contributed by atoms with Crippen LogP contribution in [0.4, 0.5) is 11.5 Å². The van der Waals surface area contributed by atoms with Crippen LogP contribution < -0.4 is 11.1 Å². The molecule has 0 saturated carbocycles. The lowest BCUT2D eigenvalue weighted by atomic mass is 10.2. The Balaban J connectivity index is 1.47. The minimum atomic E-state index is 0.250. The van der Waals surface area contributed by atoms with Gasteiger partial charge in [-0.1, -0.05) is 30.3 Å². The summed E-state index contributed by atoms with van der Waals surface area (Å²) < 4.78 is 1.96. The van der Waals surface area contributed by atoms with E-state index in [9.17, 15) is 4.79 Å². The maximum absolute atomic E-state index is 11.8. The van der Waals surface area contributed by atoms with Crippen molar-refractivity contribution in [3.05, 3.63) is 60.9 Å². The number of aromatic nitrogens is 4. The maximum atomic E-state index is 11.8. The molecule has 1 amide bonds. The van der Waals surface area contributed by atoms with Gasteiger partial charge in [-0.15, -0.1) is 0 Å². The second-order valence-electron chi connectivity index (χ2n) is 7.91. The zero-order chi connectivity index (χ0) is 21.9. The van der Waals surface area contributed by atoms with Crippen LogP contribution in [0.5, 0.6) is 0 Å². The van der Waals surface area contributed by atoms with Crippen molar-refractivity contribution in [3.8, 4) is 17.1 Å². The summed E-state index contributed by atoms with van der Waals surface area (Å²) in [5.74, 6) is 1.51. The van der Waals surface area contributed by atoms with Crippen LogP contribution in [-0.4, -0.2) is 50.0 Å². The fourth-order valence-corrected chi connectivity index (χ4v) is 4.02. The summed E-state index contributed by atoms with van der Waals surface area (Å²) in [6.07, 6.45) is 4.23. The molecule has 8 nitrogen and oxygen atoms in total. The minimum absolute atomic E-state index is 0.250. The van der Waals surface area contributed by atoms with Gasteiger partial charge in [0.15, 0.2) is 22.8 Å². The quantitative estimate of drug-likeness (QED) is 0.346. The Labute approximate surface area is 186 Å². The van der Waals surface area contributed by atoms with Crippen LogP contribution in [0.1, 0.15) is 19.3 Å². The van der Waals surface area contributed by atoms with Crippen molar-refractivity contribution in [2.24, 2.45) is 0 Å². The molecule has 1 saturated heterocycles. The van der Waals surface area contributed by atoms with Crippen LogP contribution in [-0.2, 0) is 4.79 Å². The molecule has 0 bridgehead atoms.